The van der Waals surface area contributed by atoms with Crippen LogP contribution < -0.4 is 5.73 Å². The topological polar surface area (TPSA) is 89.8 Å². The Kier molecular flexibility index (Phi) is 4.60. The van der Waals surface area contributed by atoms with Crippen molar-refractivity contribution < 1.29 is 13.9 Å². The molecular weight excluding hydrogens is 436 g/mol. The number of nitrogen functional groups attached to an aromatic ring is 1. The van der Waals surface area contributed by atoms with Crippen LogP contribution in [0.5, 0.6) is 0 Å². The highest BCUT2D eigenvalue weighted by molar-refractivity contribution is 6.02. The molecule has 8 heteroatoms. The summed E-state index contributed by atoms with van der Waals surface area (Å²) in [6.07, 6.45) is 5.69. The number of aryl methyl sites for hydroxylation is 1. The van der Waals surface area contributed by atoms with E-state index in [9.17, 15) is 9.50 Å². The molecule has 3 heterocycles. The molecule has 1 fully saturated rings. The molecule has 2 aromatic carbocycles. The van der Waals surface area contributed by atoms with Gasteiger partial charge in [-0.2, -0.15) is 0 Å². The predicted molar refractivity (Wildman–Crippen MR) is 126 cm³/mol. The number of halogens is 2. The Labute approximate surface area is 193 Å². The molecule has 1 atom stereocenters. The lowest BCUT2D eigenvalue weighted by Crippen LogP contribution is -2.03. The minimum atomic E-state index is -1.13. The normalized spacial score (nSPS) is 14.7. The van der Waals surface area contributed by atoms with Crippen LogP contribution >= 0.6 is 0 Å². The highest BCUT2D eigenvalue weighted by Gasteiger charge is 2.28. The zero-order valence-corrected chi connectivity index (χ0v) is 18.3. The maximum Gasteiger partial charge on any atom is 0.146 e. The van der Waals surface area contributed by atoms with Gasteiger partial charge in [-0.05, 0) is 54.5 Å². The second-order valence-corrected chi connectivity index (χ2v) is 8.86. The van der Waals surface area contributed by atoms with Gasteiger partial charge in [0.25, 0.3) is 0 Å². The van der Waals surface area contributed by atoms with Gasteiger partial charge in [-0.25, -0.2) is 18.7 Å². The molecule has 0 saturated heterocycles. The molecule has 0 bridgehead atoms. The van der Waals surface area contributed by atoms with E-state index in [4.69, 9.17) is 5.73 Å². The van der Waals surface area contributed by atoms with Crippen LogP contribution in [0.4, 0.5) is 14.6 Å². The minimum absolute atomic E-state index is 0.306. The van der Waals surface area contributed by atoms with Crippen molar-refractivity contribution in [2.75, 3.05) is 5.73 Å². The van der Waals surface area contributed by atoms with E-state index < -0.39 is 17.7 Å². The Morgan fingerprint density at radius 1 is 1.06 bits per heavy atom. The number of aliphatic hydroxyl groups excluding tert-OH is 1. The maximum atomic E-state index is 15.8. The zero-order valence-electron chi connectivity index (χ0n) is 18.3. The molecule has 1 unspecified atom stereocenters. The number of hydrogen-bond acceptors (Lipinski definition) is 5. The first-order valence-electron chi connectivity index (χ1n) is 11.1. The molecule has 1 saturated carbocycles. The van der Waals surface area contributed by atoms with Crippen molar-refractivity contribution >= 4 is 27.6 Å². The Bertz CT molecular complexity index is 1570. The standard InChI is InChI=1S/C26H21F2N5O/c1-13-6-15(8-16(27)7-13)24(34)21-9-14-2-5-18(23(28)19(14)10-30-21)20-11-33(17-3-4-17)26-22(20)25(29)31-12-32-26/h2,5-12,17,24,34H,3-4H2,1H3,(H2,29,31,32). The number of hydrogen-bond donors (Lipinski definition) is 2. The second kappa shape index (κ2) is 7.56. The van der Waals surface area contributed by atoms with Crippen LogP contribution in [0.15, 0.2) is 55.1 Å². The van der Waals surface area contributed by atoms with Crippen molar-refractivity contribution in [3.05, 3.63) is 83.6 Å². The molecule has 0 radical (unpaired) electrons. The van der Waals surface area contributed by atoms with E-state index in [0.717, 1.165) is 12.8 Å². The quantitative estimate of drug-likeness (QED) is 0.386. The molecule has 170 valence electrons. The Morgan fingerprint density at radius 3 is 2.65 bits per heavy atom. The fraction of sp³-hybridized carbons (Fsp3) is 0.192. The number of pyridine rings is 1. The number of rotatable bonds is 4. The molecule has 1 aliphatic carbocycles. The van der Waals surface area contributed by atoms with Crippen LogP contribution in [0.2, 0.25) is 0 Å². The van der Waals surface area contributed by atoms with Crippen LogP contribution in [0.3, 0.4) is 0 Å². The third kappa shape index (κ3) is 3.30. The van der Waals surface area contributed by atoms with E-state index in [1.54, 1.807) is 31.2 Å². The zero-order chi connectivity index (χ0) is 23.6. The van der Waals surface area contributed by atoms with E-state index in [1.165, 1.54) is 24.7 Å². The summed E-state index contributed by atoms with van der Waals surface area (Å²) >= 11 is 0. The molecule has 6 nitrogen and oxygen atoms in total. The highest BCUT2D eigenvalue weighted by atomic mass is 19.1. The summed E-state index contributed by atoms with van der Waals surface area (Å²) in [4.78, 5) is 12.8. The van der Waals surface area contributed by atoms with Crippen molar-refractivity contribution in [3.63, 3.8) is 0 Å². The molecule has 3 aromatic heterocycles. The molecule has 0 spiro atoms. The first-order chi connectivity index (χ1) is 16.4. The van der Waals surface area contributed by atoms with Gasteiger partial charge < -0.3 is 15.4 Å². The van der Waals surface area contributed by atoms with Gasteiger partial charge in [0, 0.05) is 34.9 Å². The molecule has 1 aliphatic rings. The van der Waals surface area contributed by atoms with Gasteiger partial charge >= 0.3 is 0 Å². The summed E-state index contributed by atoms with van der Waals surface area (Å²) in [5.74, 6) is -0.564. The molecule has 6 rings (SSSR count). The lowest BCUT2D eigenvalue weighted by atomic mass is 9.99. The van der Waals surface area contributed by atoms with E-state index in [1.807, 2.05) is 10.8 Å². The van der Waals surface area contributed by atoms with Gasteiger partial charge in [-0.3, -0.25) is 4.98 Å². The van der Waals surface area contributed by atoms with Crippen LogP contribution in [-0.4, -0.2) is 24.6 Å². The molecule has 34 heavy (non-hydrogen) atoms. The fourth-order valence-electron chi connectivity index (χ4n) is 4.60. The van der Waals surface area contributed by atoms with Crippen molar-refractivity contribution in [1.29, 1.82) is 0 Å². The average Bonchev–Trinajstić information content (AvgIpc) is 3.58. The van der Waals surface area contributed by atoms with Crippen molar-refractivity contribution in [2.45, 2.75) is 31.9 Å². The minimum Gasteiger partial charge on any atom is -0.383 e. The third-order valence-electron chi connectivity index (χ3n) is 6.39. The smallest absolute Gasteiger partial charge is 0.146 e. The van der Waals surface area contributed by atoms with Gasteiger partial charge in [0.15, 0.2) is 0 Å². The summed E-state index contributed by atoms with van der Waals surface area (Å²) in [6, 6.07) is 9.80. The lowest BCUT2D eigenvalue weighted by Gasteiger charge is -2.13. The summed E-state index contributed by atoms with van der Waals surface area (Å²) in [7, 11) is 0. The third-order valence-corrected chi connectivity index (χ3v) is 6.39. The first-order valence-corrected chi connectivity index (χ1v) is 11.1. The van der Waals surface area contributed by atoms with Crippen LogP contribution in [0.1, 0.15) is 41.8 Å². The summed E-state index contributed by atoms with van der Waals surface area (Å²) in [5.41, 5.74) is 9.29. The number of benzene rings is 2. The number of anilines is 1. The predicted octanol–water partition coefficient (Wildman–Crippen LogP) is 5.23. The number of nitrogens with zero attached hydrogens (tertiary/aromatic N) is 4. The van der Waals surface area contributed by atoms with Crippen molar-refractivity contribution in [2.24, 2.45) is 0 Å². The van der Waals surface area contributed by atoms with Crippen molar-refractivity contribution in [3.8, 4) is 11.1 Å². The number of fused-ring (bicyclic) bond motifs is 2. The monoisotopic (exact) mass is 457 g/mol. The largest absolute Gasteiger partial charge is 0.383 e. The van der Waals surface area contributed by atoms with Gasteiger partial charge in [-0.15, -0.1) is 0 Å². The molecule has 5 aromatic rings. The Morgan fingerprint density at radius 2 is 1.88 bits per heavy atom. The Balaban J connectivity index is 1.46. The lowest BCUT2D eigenvalue weighted by molar-refractivity contribution is 0.215. The van der Waals surface area contributed by atoms with E-state index in [2.05, 4.69) is 15.0 Å². The molecular formula is C26H21F2N5O. The van der Waals surface area contributed by atoms with Crippen LogP contribution in [0, 0.1) is 18.6 Å². The molecule has 3 N–H and O–H groups in total. The first kappa shape index (κ1) is 20.7. The maximum absolute atomic E-state index is 15.8. The number of aliphatic hydroxyl groups is 1. The average molecular weight is 457 g/mol. The van der Waals surface area contributed by atoms with Gasteiger partial charge in [0.1, 0.15) is 35.5 Å². The molecule has 0 amide bonds. The Hall–Kier alpha value is -3.91. The van der Waals surface area contributed by atoms with E-state index in [-0.39, 0.29) is 0 Å². The van der Waals surface area contributed by atoms with Crippen LogP contribution in [-0.2, 0) is 0 Å². The summed E-state index contributed by atoms with van der Waals surface area (Å²) in [6.45, 7) is 1.75. The van der Waals surface area contributed by atoms with E-state index >= 15 is 4.39 Å². The summed E-state index contributed by atoms with van der Waals surface area (Å²) in [5, 5.41) is 12.3. The second-order valence-electron chi connectivity index (χ2n) is 8.86. The van der Waals surface area contributed by atoms with Gasteiger partial charge in [0.2, 0.25) is 0 Å². The SMILES string of the molecule is Cc1cc(F)cc(C(O)c2cc3ccc(-c4cn(C5CC5)c5ncnc(N)c45)c(F)c3cn2)c1. The number of nitrogens with two attached hydrogens (primary N) is 1. The molecule has 0 aliphatic heterocycles. The number of aromatic nitrogens is 4. The van der Waals surface area contributed by atoms with E-state index in [0.29, 0.717) is 61.6 Å². The van der Waals surface area contributed by atoms with Gasteiger partial charge in [-0.1, -0.05) is 18.2 Å². The van der Waals surface area contributed by atoms with Crippen molar-refractivity contribution in [1.82, 2.24) is 19.5 Å². The summed E-state index contributed by atoms with van der Waals surface area (Å²) < 4.78 is 31.6. The highest BCUT2D eigenvalue weighted by Crippen LogP contribution is 2.43. The fourth-order valence-corrected chi connectivity index (χ4v) is 4.60. The van der Waals surface area contributed by atoms with Crippen LogP contribution in [0.25, 0.3) is 32.9 Å². The van der Waals surface area contributed by atoms with Gasteiger partial charge in [0.05, 0.1) is 11.1 Å².